The second kappa shape index (κ2) is 1.43. The van der Waals surface area contributed by atoms with Crippen molar-refractivity contribution in [3.05, 3.63) is 0 Å². The van der Waals surface area contributed by atoms with Crippen molar-refractivity contribution in [2.45, 2.75) is 5.37 Å². The molecule has 0 saturated carbocycles. The van der Waals surface area contributed by atoms with Crippen LogP contribution in [0.3, 0.4) is 0 Å². The number of nitrogens with zero attached hydrogens (tertiary/aromatic N) is 1. The standard InChI is InChI=1S/C4H9NS/c1-5-3-4(5)6-2/h4H,3H2,1-2H3. The maximum Gasteiger partial charge on any atom is 0.0681 e. The number of hydrogen-bond donors (Lipinski definition) is 0. The van der Waals surface area contributed by atoms with Crippen LogP contribution >= 0.6 is 11.8 Å². The molecular weight excluding hydrogens is 94.1 g/mol. The van der Waals surface area contributed by atoms with Gasteiger partial charge in [0.2, 0.25) is 0 Å². The normalized spacial score (nSPS) is 43.0. The van der Waals surface area contributed by atoms with E-state index in [9.17, 15) is 0 Å². The van der Waals surface area contributed by atoms with Crippen molar-refractivity contribution in [2.75, 3.05) is 19.8 Å². The third-order valence-corrected chi connectivity index (χ3v) is 2.13. The van der Waals surface area contributed by atoms with Gasteiger partial charge >= 0.3 is 0 Å². The van der Waals surface area contributed by atoms with Crippen molar-refractivity contribution in [1.29, 1.82) is 0 Å². The van der Waals surface area contributed by atoms with Gasteiger partial charge in [-0.3, -0.25) is 4.90 Å². The second-order valence-corrected chi connectivity index (χ2v) is 2.65. The third kappa shape index (κ3) is 0.684. The van der Waals surface area contributed by atoms with Crippen molar-refractivity contribution in [3.8, 4) is 0 Å². The molecule has 1 rings (SSSR count). The van der Waals surface area contributed by atoms with Crippen molar-refractivity contribution < 1.29 is 0 Å². The molecule has 2 atom stereocenters. The Kier molecular flexibility index (Phi) is 1.06. The maximum absolute atomic E-state index is 2.31. The van der Waals surface area contributed by atoms with Gasteiger partial charge in [-0.1, -0.05) is 0 Å². The van der Waals surface area contributed by atoms with E-state index in [-0.39, 0.29) is 0 Å². The van der Waals surface area contributed by atoms with E-state index in [0.29, 0.717) is 0 Å². The van der Waals surface area contributed by atoms with E-state index in [2.05, 4.69) is 18.2 Å². The average Bonchev–Trinajstić information content (AvgIpc) is 2.19. The molecule has 2 heteroatoms. The van der Waals surface area contributed by atoms with Gasteiger partial charge in [-0.15, -0.1) is 11.8 Å². The number of rotatable bonds is 1. The molecule has 0 aromatic rings. The van der Waals surface area contributed by atoms with Gasteiger partial charge < -0.3 is 0 Å². The molecule has 2 unspecified atom stereocenters. The molecule has 0 aromatic carbocycles. The molecule has 0 bridgehead atoms. The monoisotopic (exact) mass is 103 g/mol. The maximum atomic E-state index is 2.31. The molecule has 1 heterocycles. The summed E-state index contributed by atoms with van der Waals surface area (Å²) < 4.78 is 0. The lowest BCUT2D eigenvalue weighted by Crippen LogP contribution is -1.84. The number of likely N-dealkylation sites (N-methyl/N-ethyl adjacent to an activating group) is 1. The van der Waals surface area contributed by atoms with E-state index in [1.165, 1.54) is 6.54 Å². The van der Waals surface area contributed by atoms with Crippen LogP contribution in [0.5, 0.6) is 0 Å². The smallest absolute Gasteiger partial charge is 0.0681 e. The van der Waals surface area contributed by atoms with Crippen LogP contribution in [0, 0.1) is 0 Å². The van der Waals surface area contributed by atoms with Crippen LogP contribution in [0.25, 0.3) is 0 Å². The topological polar surface area (TPSA) is 3.01 Å². The van der Waals surface area contributed by atoms with Crippen molar-refractivity contribution in [2.24, 2.45) is 0 Å². The molecule has 0 aromatic heterocycles. The van der Waals surface area contributed by atoms with E-state index in [1.807, 2.05) is 11.8 Å². The molecule has 0 spiro atoms. The number of hydrogen-bond acceptors (Lipinski definition) is 2. The van der Waals surface area contributed by atoms with Gasteiger partial charge in [-0.25, -0.2) is 0 Å². The first-order valence-corrected chi connectivity index (χ1v) is 3.36. The summed E-state index contributed by atoms with van der Waals surface area (Å²) in [6.07, 6.45) is 2.15. The molecule has 36 valence electrons. The summed E-state index contributed by atoms with van der Waals surface area (Å²) in [5.41, 5.74) is 0. The van der Waals surface area contributed by atoms with Crippen LogP contribution in [0.1, 0.15) is 0 Å². The van der Waals surface area contributed by atoms with Crippen LogP contribution in [-0.4, -0.2) is 30.1 Å². The predicted octanol–water partition coefficient (Wildman–Crippen LogP) is 0.621. The van der Waals surface area contributed by atoms with E-state index < -0.39 is 0 Å². The van der Waals surface area contributed by atoms with Crippen LogP contribution in [0.15, 0.2) is 0 Å². The SMILES string of the molecule is CSC1CN1C. The molecule has 1 nitrogen and oxygen atoms in total. The molecule has 1 saturated heterocycles. The second-order valence-electron chi connectivity index (χ2n) is 1.63. The van der Waals surface area contributed by atoms with Gasteiger partial charge in [0.05, 0.1) is 5.37 Å². The van der Waals surface area contributed by atoms with Crippen molar-refractivity contribution in [3.63, 3.8) is 0 Å². The summed E-state index contributed by atoms with van der Waals surface area (Å²) in [4.78, 5) is 2.31. The average molecular weight is 103 g/mol. The molecule has 0 amide bonds. The summed E-state index contributed by atoms with van der Waals surface area (Å²) in [6, 6.07) is 0. The Morgan fingerprint density at radius 3 is 2.33 bits per heavy atom. The Morgan fingerprint density at radius 2 is 2.33 bits per heavy atom. The first-order chi connectivity index (χ1) is 2.84. The number of thioether (sulfide) groups is 1. The lowest BCUT2D eigenvalue weighted by atomic mass is 11.0. The van der Waals surface area contributed by atoms with Crippen molar-refractivity contribution in [1.82, 2.24) is 4.90 Å². The Balaban J connectivity index is 2.09. The van der Waals surface area contributed by atoms with E-state index in [0.717, 1.165) is 5.37 Å². The van der Waals surface area contributed by atoms with Crippen LogP contribution in [-0.2, 0) is 0 Å². The van der Waals surface area contributed by atoms with Gasteiger partial charge in [0.1, 0.15) is 0 Å². The molecule has 6 heavy (non-hydrogen) atoms. The highest BCUT2D eigenvalue weighted by Gasteiger charge is 2.27. The summed E-state index contributed by atoms with van der Waals surface area (Å²) >= 11 is 1.92. The third-order valence-electron chi connectivity index (χ3n) is 1.07. The summed E-state index contributed by atoms with van der Waals surface area (Å²) in [5.74, 6) is 0. The Morgan fingerprint density at radius 1 is 1.83 bits per heavy atom. The highest BCUT2D eigenvalue weighted by Crippen LogP contribution is 2.23. The first-order valence-electron chi connectivity index (χ1n) is 2.07. The predicted molar refractivity (Wildman–Crippen MR) is 29.9 cm³/mol. The Hall–Kier alpha value is 0.310. The van der Waals surface area contributed by atoms with Crippen LogP contribution in [0.2, 0.25) is 0 Å². The van der Waals surface area contributed by atoms with Crippen LogP contribution < -0.4 is 0 Å². The molecule has 0 radical (unpaired) electrons. The molecule has 0 N–H and O–H groups in total. The van der Waals surface area contributed by atoms with E-state index in [1.54, 1.807) is 0 Å². The Labute approximate surface area is 42.7 Å². The fraction of sp³-hybridized carbons (Fsp3) is 1.00. The van der Waals surface area contributed by atoms with Gasteiger partial charge in [-0.2, -0.15) is 0 Å². The molecule has 0 aliphatic carbocycles. The molecule has 1 aliphatic heterocycles. The highest BCUT2D eigenvalue weighted by atomic mass is 32.2. The summed E-state index contributed by atoms with van der Waals surface area (Å²) in [7, 11) is 2.14. The van der Waals surface area contributed by atoms with Crippen LogP contribution in [0.4, 0.5) is 0 Å². The lowest BCUT2D eigenvalue weighted by Gasteiger charge is -1.83. The summed E-state index contributed by atoms with van der Waals surface area (Å²) in [6.45, 7) is 1.29. The van der Waals surface area contributed by atoms with Gasteiger partial charge in [0.25, 0.3) is 0 Å². The van der Waals surface area contributed by atoms with E-state index in [4.69, 9.17) is 0 Å². The fourth-order valence-electron chi connectivity index (χ4n) is 0.454. The zero-order chi connectivity index (χ0) is 4.57. The Bertz CT molecular complexity index is 53.5. The molecular formula is C4H9NS. The molecule has 1 aliphatic rings. The minimum Gasteiger partial charge on any atom is -0.291 e. The van der Waals surface area contributed by atoms with Gasteiger partial charge in [0.15, 0.2) is 0 Å². The minimum atomic E-state index is 0.852. The lowest BCUT2D eigenvalue weighted by molar-refractivity contribution is 0.684. The minimum absolute atomic E-state index is 0.852. The quantitative estimate of drug-likeness (QED) is 0.447. The highest BCUT2D eigenvalue weighted by molar-refractivity contribution is 7.99. The van der Waals surface area contributed by atoms with Crippen molar-refractivity contribution >= 4 is 11.8 Å². The van der Waals surface area contributed by atoms with Gasteiger partial charge in [0, 0.05) is 6.54 Å². The van der Waals surface area contributed by atoms with Gasteiger partial charge in [-0.05, 0) is 13.3 Å². The zero-order valence-electron chi connectivity index (χ0n) is 4.14. The molecule has 1 fully saturated rings. The van der Waals surface area contributed by atoms with E-state index >= 15 is 0 Å². The zero-order valence-corrected chi connectivity index (χ0v) is 4.96. The summed E-state index contributed by atoms with van der Waals surface area (Å²) in [5, 5.41) is 0.852. The fourth-order valence-corrected chi connectivity index (χ4v) is 1.20. The first kappa shape index (κ1) is 4.47. The largest absolute Gasteiger partial charge is 0.291 e.